The second kappa shape index (κ2) is 5.41. The molecule has 0 radical (unpaired) electrons. The fraction of sp³-hybridized carbons (Fsp3) is 0.267. The van der Waals surface area contributed by atoms with E-state index in [1.807, 2.05) is 18.3 Å². The van der Waals surface area contributed by atoms with Gasteiger partial charge in [-0.25, -0.2) is 4.98 Å². The van der Waals surface area contributed by atoms with Gasteiger partial charge in [0, 0.05) is 27.5 Å². The monoisotopic (exact) mass is 288 g/mol. The maximum Gasteiger partial charge on any atom is 0.0897 e. The largest absolute Gasteiger partial charge is 0.304 e. The summed E-state index contributed by atoms with van der Waals surface area (Å²) in [4.78, 5) is 5.86. The minimum atomic E-state index is 0.361. The van der Waals surface area contributed by atoms with E-state index in [9.17, 15) is 0 Å². The summed E-state index contributed by atoms with van der Waals surface area (Å²) in [5.41, 5.74) is 1.13. The first-order valence-electron chi connectivity index (χ1n) is 6.35. The molecule has 0 spiro atoms. The van der Waals surface area contributed by atoms with Crippen molar-refractivity contribution in [2.45, 2.75) is 26.4 Å². The van der Waals surface area contributed by atoms with E-state index in [1.54, 1.807) is 11.3 Å². The molecule has 0 bridgehead atoms. The summed E-state index contributed by atoms with van der Waals surface area (Å²) >= 11 is 3.57. The molecule has 0 aliphatic rings. The second-order valence-corrected chi connectivity index (χ2v) is 6.82. The first kappa shape index (κ1) is 12.8. The smallest absolute Gasteiger partial charge is 0.0897 e. The molecule has 2 aromatic heterocycles. The Kier molecular flexibility index (Phi) is 3.64. The van der Waals surface area contributed by atoms with Crippen LogP contribution in [0.1, 0.15) is 28.5 Å². The van der Waals surface area contributed by atoms with Gasteiger partial charge in [-0.3, -0.25) is 0 Å². The highest BCUT2D eigenvalue weighted by Crippen LogP contribution is 2.29. The lowest BCUT2D eigenvalue weighted by molar-refractivity contribution is 0.577. The molecule has 2 nitrogen and oxygen atoms in total. The van der Waals surface area contributed by atoms with Crippen LogP contribution in [0.5, 0.6) is 0 Å². The Morgan fingerprint density at radius 2 is 2.16 bits per heavy atom. The Morgan fingerprint density at radius 1 is 1.32 bits per heavy atom. The predicted octanol–water partition coefficient (Wildman–Crippen LogP) is 4.52. The van der Waals surface area contributed by atoms with Crippen molar-refractivity contribution in [3.8, 4) is 0 Å². The number of benzene rings is 1. The van der Waals surface area contributed by atoms with Gasteiger partial charge in [-0.2, -0.15) is 0 Å². The maximum atomic E-state index is 4.48. The van der Waals surface area contributed by atoms with Crippen molar-refractivity contribution < 1.29 is 0 Å². The van der Waals surface area contributed by atoms with E-state index in [2.05, 4.69) is 52.9 Å². The van der Waals surface area contributed by atoms with Crippen LogP contribution < -0.4 is 5.32 Å². The molecule has 4 heteroatoms. The third-order valence-electron chi connectivity index (χ3n) is 3.13. The van der Waals surface area contributed by atoms with E-state index in [1.165, 1.54) is 15.0 Å². The first-order valence-corrected chi connectivity index (χ1v) is 8.05. The van der Waals surface area contributed by atoms with Gasteiger partial charge in [0.05, 0.1) is 10.7 Å². The van der Waals surface area contributed by atoms with Crippen LogP contribution in [0, 0.1) is 6.92 Å². The SMILES string of the molecule is Cc1nc(CN[C@H](C)c2cc3ccccc3s2)cs1. The number of nitrogens with zero attached hydrogens (tertiary/aromatic N) is 1. The van der Waals surface area contributed by atoms with Crippen molar-refractivity contribution in [3.05, 3.63) is 51.3 Å². The number of aromatic nitrogens is 1. The van der Waals surface area contributed by atoms with Crippen LogP contribution in [0.2, 0.25) is 0 Å². The van der Waals surface area contributed by atoms with Crippen LogP contribution in [0.3, 0.4) is 0 Å². The molecule has 0 amide bonds. The minimum Gasteiger partial charge on any atom is -0.304 e. The Bertz CT molecular complexity index is 651. The molecular formula is C15H16N2S2. The van der Waals surface area contributed by atoms with Crippen molar-refractivity contribution in [2.24, 2.45) is 0 Å². The molecule has 0 saturated heterocycles. The lowest BCUT2D eigenvalue weighted by Crippen LogP contribution is -2.17. The summed E-state index contributed by atoms with van der Waals surface area (Å²) in [6, 6.07) is 11.2. The topological polar surface area (TPSA) is 24.9 Å². The molecule has 1 N–H and O–H groups in total. The molecule has 0 aliphatic carbocycles. The Hall–Kier alpha value is -1.23. The zero-order valence-corrected chi connectivity index (χ0v) is 12.6. The van der Waals surface area contributed by atoms with Gasteiger partial charge < -0.3 is 5.32 Å². The van der Waals surface area contributed by atoms with Gasteiger partial charge in [0.1, 0.15) is 0 Å². The van der Waals surface area contributed by atoms with Crippen LogP contribution in [-0.2, 0) is 6.54 Å². The summed E-state index contributed by atoms with van der Waals surface area (Å²) in [5, 5.41) is 8.13. The number of rotatable bonds is 4. The third-order valence-corrected chi connectivity index (χ3v) is 5.25. The predicted molar refractivity (Wildman–Crippen MR) is 83.9 cm³/mol. The summed E-state index contributed by atoms with van der Waals surface area (Å²) in [5.74, 6) is 0. The molecule has 3 aromatic rings. The zero-order valence-electron chi connectivity index (χ0n) is 11.0. The molecule has 98 valence electrons. The van der Waals surface area contributed by atoms with E-state index < -0.39 is 0 Å². The second-order valence-electron chi connectivity index (χ2n) is 4.65. The normalized spacial score (nSPS) is 12.9. The molecular weight excluding hydrogens is 272 g/mol. The van der Waals surface area contributed by atoms with E-state index in [-0.39, 0.29) is 0 Å². The van der Waals surface area contributed by atoms with E-state index in [0.29, 0.717) is 6.04 Å². The van der Waals surface area contributed by atoms with Crippen LogP contribution in [0.15, 0.2) is 35.7 Å². The molecule has 3 rings (SSSR count). The van der Waals surface area contributed by atoms with Crippen molar-refractivity contribution in [1.29, 1.82) is 0 Å². The fourth-order valence-electron chi connectivity index (χ4n) is 2.06. The number of hydrogen-bond acceptors (Lipinski definition) is 4. The van der Waals surface area contributed by atoms with Crippen molar-refractivity contribution >= 4 is 32.8 Å². The lowest BCUT2D eigenvalue weighted by Gasteiger charge is -2.10. The van der Waals surface area contributed by atoms with E-state index >= 15 is 0 Å². The molecule has 19 heavy (non-hydrogen) atoms. The van der Waals surface area contributed by atoms with Crippen molar-refractivity contribution in [2.75, 3.05) is 0 Å². The van der Waals surface area contributed by atoms with Gasteiger partial charge in [-0.05, 0) is 31.4 Å². The number of thiazole rings is 1. The Balaban J connectivity index is 1.71. The van der Waals surface area contributed by atoms with Crippen LogP contribution in [0.25, 0.3) is 10.1 Å². The number of hydrogen-bond donors (Lipinski definition) is 1. The molecule has 0 unspecified atom stereocenters. The highest BCUT2D eigenvalue weighted by molar-refractivity contribution is 7.19. The maximum absolute atomic E-state index is 4.48. The molecule has 2 heterocycles. The summed E-state index contributed by atoms with van der Waals surface area (Å²) in [6.07, 6.45) is 0. The quantitative estimate of drug-likeness (QED) is 0.763. The van der Waals surface area contributed by atoms with Gasteiger partial charge >= 0.3 is 0 Å². The standard InChI is InChI=1S/C15H16N2S2/c1-10(16-8-13-9-18-11(2)17-13)15-7-12-5-3-4-6-14(12)19-15/h3-7,9-10,16H,8H2,1-2H3/t10-/m1/s1. The molecule has 0 saturated carbocycles. The molecule has 1 aromatic carbocycles. The van der Waals surface area contributed by atoms with Crippen LogP contribution >= 0.6 is 22.7 Å². The van der Waals surface area contributed by atoms with Gasteiger partial charge in [-0.1, -0.05) is 18.2 Å². The fourth-order valence-corrected chi connectivity index (χ4v) is 3.77. The van der Waals surface area contributed by atoms with Gasteiger partial charge in [0.25, 0.3) is 0 Å². The van der Waals surface area contributed by atoms with Gasteiger partial charge in [0.15, 0.2) is 0 Å². The number of fused-ring (bicyclic) bond motifs is 1. The van der Waals surface area contributed by atoms with Gasteiger partial charge in [-0.15, -0.1) is 22.7 Å². The van der Waals surface area contributed by atoms with Crippen molar-refractivity contribution in [3.63, 3.8) is 0 Å². The third kappa shape index (κ3) is 2.86. The Labute approximate surface area is 121 Å². The average molecular weight is 288 g/mol. The molecule has 0 fully saturated rings. The number of aryl methyl sites for hydroxylation is 1. The highest BCUT2D eigenvalue weighted by atomic mass is 32.1. The molecule has 1 atom stereocenters. The number of nitrogens with one attached hydrogen (secondary N) is 1. The molecule has 0 aliphatic heterocycles. The number of thiophene rings is 1. The highest BCUT2D eigenvalue weighted by Gasteiger charge is 2.09. The lowest BCUT2D eigenvalue weighted by atomic mass is 10.2. The Morgan fingerprint density at radius 3 is 2.89 bits per heavy atom. The van der Waals surface area contributed by atoms with Crippen LogP contribution in [0.4, 0.5) is 0 Å². The first-order chi connectivity index (χ1) is 9.22. The summed E-state index contributed by atoms with van der Waals surface area (Å²) < 4.78 is 1.36. The zero-order chi connectivity index (χ0) is 13.2. The van der Waals surface area contributed by atoms with E-state index in [0.717, 1.165) is 17.2 Å². The average Bonchev–Trinajstić information content (AvgIpc) is 3.01. The van der Waals surface area contributed by atoms with Crippen LogP contribution in [-0.4, -0.2) is 4.98 Å². The van der Waals surface area contributed by atoms with E-state index in [4.69, 9.17) is 0 Å². The van der Waals surface area contributed by atoms with Gasteiger partial charge in [0.2, 0.25) is 0 Å². The summed E-state index contributed by atoms with van der Waals surface area (Å²) in [6.45, 7) is 5.09. The summed E-state index contributed by atoms with van der Waals surface area (Å²) in [7, 11) is 0. The minimum absolute atomic E-state index is 0.361. The van der Waals surface area contributed by atoms with Crippen molar-refractivity contribution in [1.82, 2.24) is 10.3 Å².